The van der Waals surface area contributed by atoms with E-state index < -0.39 is 0 Å². The molecule has 0 aliphatic rings. The van der Waals surface area contributed by atoms with Gasteiger partial charge in [-0.1, -0.05) is 133 Å². The monoisotopic (exact) mass is 638 g/mol. The molecule has 0 saturated heterocycles. The number of pyridine rings is 1. The minimum absolute atomic E-state index is 0.626. The summed E-state index contributed by atoms with van der Waals surface area (Å²) in [6.07, 6.45) is 3.65. The van der Waals surface area contributed by atoms with Crippen LogP contribution < -0.4 is 0 Å². The van der Waals surface area contributed by atoms with Crippen molar-refractivity contribution in [3.8, 4) is 67.5 Å². The van der Waals surface area contributed by atoms with Crippen LogP contribution in [0.2, 0.25) is 0 Å². The average molecular weight is 639 g/mol. The van der Waals surface area contributed by atoms with Gasteiger partial charge in [-0.3, -0.25) is 4.98 Å². The molecule has 0 atom stereocenters. The molecule has 0 fully saturated rings. The van der Waals surface area contributed by atoms with Gasteiger partial charge in [-0.15, -0.1) is 0 Å². The molecule has 7 aromatic carbocycles. The molecule has 4 nitrogen and oxygen atoms in total. The molecule has 0 aliphatic carbocycles. The predicted molar refractivity (Wildman–Crippen MR) is 205 cm³/mol. The highest BCUT2D eigenvalue weighted by Gasteiger charge is 2.15. The minimum Gasteiger partial charge on any atom is -0.265 e. The van der Waals surface area contributed by atoms with Gasteiger partial charge >= 0.3 is 0 Å². The Kier molecular flexibility index (Phi) is 7.45. The lowest BCUT2D eigenvalue weighted by molar-refractivity contribution is 1.07. The molecular formula is C46H30N4. The second-order valence-corrected chi connectivity index (χ2v) is 12.4. The van der Waals surface area contributed by atoms with E-state index in [1.165, 1.54) is 21.5 Å². The van der Waals surface area contributed by atoms with Crippen molar-refractivity contribution < 1.29 is 0 Å². The number of nitrogens with zero attached hydrogens (tertiary/aromatic N) is 4. The second kappa shape index (κ2) is 12.7. The van der Waals surface area contributed by atoms with Gasteiger partial charge in [-0.2, -0.15) is 0 Å². The maximum absolute atomic E-state index is 5.08. The van der Waals surface area contributed by atoms with Gasteiger partial charge in [0.2, 0.25) is 0 Å². The lowest BCUT2D eigenvalue weighted by Crippen LogP contribution is -2.00. The van der Waals surface area contributed by atoms with E-state index in [4.69, 9.17) is 15.0 Å². The van der Waals surface area contributed by atoms with Crippen LogP contribution in [0, 0.1) is 0 Å². The molecule has 9 aromatic rings. The number of fused-ring (bicyclic) bond motifs is 3. The van der Waals surface area contributed by atoms with E-state index in [0.717, 1.165) is 50.1 Å². The lowest BCUT2D eigenvalue weighted by Gasteiger charge is -2.13. The van der Waals surface area contributed by atoms with Gasteiger partial charge in [0.05, 0.1) is 0 Å². The van der Waals surface area contributed by atoms with Gasteiger partial charge in [-0.05, 0) is 91.3 Å². The Morgan fingerprint density at radius 1 is 0.260 bits per heavy atom. The summed E-state index contributed by atoms with van der Waals surface area (Å²) in [7, 11) is 0. The smallest absolute Gasteiger partial charge is 0.164 e. The summed E-state index contributed by atoms with van der Waals surface area (Å²) in [5.41, 5.74) is 9.50. The summed E-state index contributed by atoms with van der Waals surface area (Å²) in [5, 5.41) is 4.94. The molecule has 2 heterocycles. The van der Waals surface area contributed by atoms with E-state index in [1.807, 2.05) is 85.2 Å². The molecule has 50 heavy (non-hydrogen) atoms. The van der Waals surface area contributed by atoms with Gasteiger partial charge in [0, 0.05) is 29.1 Å². The van der Waals surface area contributed by atoms with Gasteiger partial charge in [0.15, 0.2) is 17.5 Å². The third-order valence-electron chi connectivity index (χ3n) is 9.20. The Morgan fingerprint density at radius 2 is 0.720 bits per heavy atom. The first kappa shape index (κ1) is 29.4. The standard InChI is InChI=1S/C46H30N4/c1-3-10-35(11-4-1)44-48-45(36-12-5-2-6-13-36)50-46(49-44)41-29-39(32-17-15-31(16-18-32)33-23-25-47-26-24-33)28-40(30-41)37-21-22-43-38(27-37)20-19-34-9-7-8-14-42(34)43/h1-30H. The SMILES string of the molecule is c1ccc(-c2nc(-c3ccccc3)nc(-c3cc(-c4ccc(-c5ccncc5)cc4)cc(-c4ccc5c(ccc6ccccc65)c4)c3)n2)cc1. The molecule has 4 heteroatoms. The fraction of sp³-hybridized carbons (Fsp3) is 0. The molecular weight excluding hydrogens is 609 g/mol. The zero-order valence-electron chi connectivity index (χ0n) is 27.1. The zero-order valence-corrected chi connectivity index (χ0v) is 27.1. The van der Waals surface area contributed by atoms with Crippen molar-refractivity contribution in [1.82, 2.24) is 19.9 Å². The summed E-state index contributed by atoms with van der Waals surface area (Å²) < 4.78 is 0. The van der Waals surface area contributed by atoms with Crippen molar-refractivity contribution in [2.75, 3.05) is 0 Å². The highest BCUT2D eigenvalue weighted by Crippen LogP contribution is 2.36. The maximum Gasteiger partial charge on any atom is 0.164 e. The Morgan fingerprint density at radius 3 is 1.38 bits per heavy atom. The molecule has 0 bridgehead atoms. The number of benzene rings is 7. The van der Waals surface area contributed by atoms with Crippen molar-refractivity contribution >= 4 is 21.5 Å². The predicted octanol–water partition coefficient (Wildman–Crippen LogP) is 11.6. The zero-order chi connectivity index (χ0) is 33.3. The van der Waals surface area contributed by atoms with Gasteiger partial charge in [0.25, 0.3) is 0 Å². The van der Waals surface area contributed by atoms with Crippen LogP contribution in [0.5, 0.6) is 0 Å². The van der Waals surface area contributed by atoms with Crippen molar-refractivity contribution in [3.63, 3.8) is 0 Å². The summed E-state index contributed by atoms with van der Waals surface area (Å²) in [4.78, 5) is 19.3. The Bertz CT molecular complexity index is 2560. The largest absolute Gasteiger partial charge is 0.265 e. The van der Waals surface area contributed by atoms with Gasteiger partial charge in [0.1, 0.15) is 0 Å². The Balaban J connectivity index is 1.23. The highest BCUT2D eigenvalue weighted by molar-refractivity contribution is 6.08. The molecule has 0 amide bonds. The third-order valence-corrected chi connectivity index (χ3v) is 9.20. The maximum atomic E-state index is 5.08. The Labute approximate surface area is 290 Å². The second-order valence-electron chi connectivity index (χ2n) is 12.4. The van der Waals surface area contributed by atoms with E-state index in [0.29, 0.717) is 17.5 Å². The third kappa shape index (κ3) is 5.69. The number of hydrogen-bond donors (Lipinski definition) is 0. The fourth-order valence-electron chi connectivity index (χ4n) is 6.62. The van der Waals surface area contributed by atoms with Crippen LogP contribution >= 0.6 is 0 Å². The van der Waals surface area contributed by atoms with Crippen molar-refractivity contribution in [1.29, 1.82) is 0 Å². The molecule has 2 aromatic heterocycles. The number of rotatable bonds is 6. The molecule has 0 unspecified atom stereocenters. The molecule has 0 saturated carbocycles. The van der Waals surface area contributed by atoms with Gasteiger partial charge in [-0.25, -0.2) is 15.0 Å². The Hall–Kier alpha value is -6.78. The van der Waals surface area contributed by atoms with E-state index in [-0.39, 0.29) is 0 Å². The first-order valence-electron chi connectivity index (χ1n) is 16.7. The molecule has 0 aliphatic heterocycles. The summed E-state index contributed by atoms with van der Waals surface area (Å²) in [5.74, 6) is 1.90. The van der Waals surface area contributed by atoms with Gasteiger partial charge < -0.3 is 0 Å². The van der Waals surface area contributed by atoms with Crippen LogP contribution in [0.25, 0.3) is 89.1 Å². The van der Waals surface area contributed by atoms with E-state index in [2.05, 4.69) is 102 Å². The van der Waals surface area contributed by atoms with Crippen LogP contribution in [0.3, 0.4) is 0 Å². The quantitative estimate of drug-likeness (QED) is 0.170. The summed E-state index contributed by atoms with van der Waals surface area (Å²) in [6.45, 7) is 0. The van der Waals surface area contributed by atoms with Crippen LogP contribution in [-0.4, -0.2) is 19.9 Å². The molecule has 0 radical (unpaired) electrons. The first-order chi connectivity index (χ1) is 24.7. The van der Waals surface area contributed by atoms with Crippen LogP contribution in [0.4, 0.5) is 0 Å². The van der Waals surface area contributed by atoms with E-state index in [1.54, 1.807) is 0 Å². The summed E-state index contributed by atoms with van der Waals surface area (Å²) in [6, 6.07) is 59.4. The lowest BCUT2D eigenvalue weighted by atomic mass is 9.93. The summed E-state index contributed by atoms with van der Waals surface area (Å²) >= 11 is 0. The van der Waals surface area contributed by atoms with Crippen molar-refractivity contribution in [2.45, 2.75) is 0 Å². The van der Waals surface area contributed by atoms with Crippen LogP contribution in [0.1, 0.15) is 0 Å². The molecule has 234 valence electrons. The van der Waals surface area contributed by atoms with Crippen LogP contribution in [0.15, 0.2) is 182 Å². The fourth-order valence-corrected chi connectivity index (χ4v) is 6.62. The highest BCUT2D eigenvalue weighted by atomic mass is 15.0. The van der Waals surface area contributed by atoms with E-state index >= 15 is 0 Å². The molecule has 0 spiro atoms. The average Bonchev–Trinajstić information content (AvgIpc) is 3.21. The number of aromatic nitrogens is 4. The van der Waals surface area contributed by atoms with Crippen molar-refractivity contribution in [3.05, 3.63) is 182 Å². The first-order valence-corrected chi connectivity index (χ1v) is 16.7. The minimum atomic E-state index is 0.626. The molecule has 0 N–H and O–H groups in total. The van der Waals surface area contributed by atoms with E-state index in [9.17, 15) is 0 Å². The van der Waals surface area contributed by atoms with Crippen molar-refractivity contribution in [2.24, 2.45) is 0 Å². The topological polar surface area (TPSA) is 51.6 Å². The van der Waals surface area contributed by atoms with Crippen LogP contribution in [-0.2, 0) is 0 Å². The molecule has 9 rings (SSSR count). The normalized spacial score (nSPS) is 11.2. The number of hydrogen-bond acceptors (Lipinski definition) is 4.